The van der Waals surface area contributed by atoms with Crippen molar-refractivity contribution in [2.45, 2.75) is 25.8 Å². The molecule has 0 spiro atoms. The summed E-state index contributed by atoms with van der Waals surface area (Å²) in [6.45, 7) is 2.06. The number of nitrogen functional groups attached to an aromatic ring is 1. The van der Waals surface area contributed by atoms with E-state index in [1.165, 1.54) is 25.8 Å². The van der Waals surface area contributed by atoms with Gasteiger partial charge in [0.2, 0.25) is 0 Å². The number of nitrogens with two attached hydrogens (primary N) is 1. The molecule has 0 unspecified atom stereocenters. The third-order valence-corrected chi connectivity index (χ3v) is 4.03. The van der Waals surface area contributed by atoms with Crippen molar-refractivity contribution in [1.82, 2.24) is 9.88 Å². The molecule has 0 saturated heterocycles. The van der Waals surface area contributed by atoms with E-state index in [4.69, 9.17) is 10.7 Å². The number of rotatable bonds is 4. The molecule has 1 aliphatic rings. The van der Waals surface area contributed by atoms with Crippen LogP contribution in [0.4, 0.5) is 5.69 Å². The molecular weight excluding hydrogens is 234 g/mol. The van der Waals surface area contributed by atoms with Crippen LogP contribution in [0.5, 0.6) is 0 Å². The predicted octanol–water partition coefficient (Wildman–Crippen LogP) is 3.05. The summed E-state index contributed by atoms with van der Waals surface area (Å²) in [4.78, 5) is 7.07. The van der Waals surface area contributed by atoms with E-state index in [1.54, 1.807) is 0 Å². The maximum absolute atomic E-state index is 6.11. The van der Waals surface area contributed by atoms with Gasteiger partial charge in [0.1, 0.15) is 0 Å². The molecule has 3 heteroatoms. The van der Waals surface area contributed by atoms with Crippen LogP contribution in [0.25, 0.3) is 10.9 Å². The lowest BCUT2D eigenvalue weighted by atomic mass is 9.85. The third kappa shape index (κ3) is 2.71. The fraction of sp³-hybridized carbons (Fsp3) is 0.438. The van der Waals surface area contributed by atoms with E-state index in [0.717, 1.165) is 34.7 Å². The number of benzene rings is 1. The number of hydrogen-bond donors (Lipinski definition) is 1. The second-order valence-corrected chi connectivity index (χ2v) is 5.71. The Morgan fingerprint density at radius 1 is 1.32 bits per heavy atom. The van der Waals surface area contributed by atoms with Crippen LogP contribution < -0.4 is 5.73 Å². The summed E-state index contributed by atoms with van der Waals surface area (Å²) in [5.41, 5.74) is 9.01. The number of nitrogens with zero attached hydrogens (tertiary/aromatic N) is 2. The SMILES string of the molecule is CN(Cc1cc(N)c2ccccc2n1)CC1CCC1. The normalized spacial score (nSPS) is 15.9. The van der Waals surface area contributed by atoms with Crippen molar-refractivity contribution in [3.63, 3.8) is 0 Å². The van der Waals surface area contributed by atoms with Crippen LogP contribution in [-0.4, -0.2) is 23.5 Å². The average molecular weight is 255 g/mol. The minimum absolute atomic E-state index is 0.831. The number of fused-ring (bicyclic) bond motifs is 1. The molecule has 0 atom stereocenters. The second-order valence-electron chi connectivity index (χ2n) is 5.71. The van der Waals surface area contributed by atoms with Crippen molar-refractivity contribution < 1.29 is 0 Å². The van der Waals surface area contributed by atoms with Gasteiger partial charge in [-0.2, -0.15) is 0 Å². The molecule has 1 aromatic heterocycles. The molecule has 1 heterocycles. The zero-order valence-corrected chi connectivity index (χ0v) is 11.5. The molecule has 0 radical (unpaired) electrons. The molecule has 0 bridgehead atoms. The lowest BCUT2D eigenvalue weighted by molar-refractivity contribution is 0.199. The van der Waals surface area contributed by atoms with Crippen LogP contribution >= 0.6 is 0 Å². The summed E-state index contributed by atoms with van der Waals surface area (Å²) < 4.78 is 0. The summed E-state index contributed by atoms with van der Waals surface area (Å²) in [5.74, 6) is 0.891. The molecule has 1 fully saturated rings. The Bertz CT molecular complexity index is 575. The molecule has 1 saturated carbocycles. The van der Waals surface area contributed by atoms with Crippen LogP contribution in [0.15, 0.2) is 30.3 Å². The van der Waals surface area contributed by atoms with Crippen molar-refractivity contribution in [3.8, 4) is 0 Å². The van der Waals surface area contributed by atoms with Crippen molar-refractivity contribution in [3.05, 3.63) is 36.0 Å². The standard InChI is InChI=1S/C16H21N3/c1-19(10-12-5-4-6-12)11-13-9-15(17)14-7-2-3-8-16(14)18-13/h2-3,7-9,12H,4-6,10-11H2,1H3,(H2,17,18). The molecule has 3 nitrogen and oxygen atoms in total. The second kappa shape index (κ2) is 5.17. The highest BCUT2D eigenvalue weighted by atomic mass is 15.1. The van der Waals surface area contributed by atoms with Crippen LogP contribution in [0.1, 0.15) is 25.0 Å². The summed E-state index contributed by atoms with van der Waals surface area (Å²) in [6.07, 6.45) is 4.18. The third-order valence-electron chi connectivity index (χ3n) is 4.03. The molecule has 1 aromatic carbocycles. The van der Waals surface area contributed by atoms with E-state index in [1.807, 2.05) is 30.3 Å². The highest BCUT2D eigenvalue weighted by Gasteiger charge is 2.19. The molecule has 19 heavy (non-hydrogen) atoms. The Balaban J connectivity index is 1.76. The Kier molecular flexibility index (Phi) is 3.38. The van der Waals surface area contributed by atoms with Gasteiger partial charge in [-0.15, -0.1) is 0 Å². The van der Waals surface area contributed by atoms with Crippen LogP contribution in [-0.2, 0) is 6.54 Å². The van der Waals surface area contributed by atoms with E-state index in [2.05, 4.69) is 11.9 Å². The fourth-order valence-corrected chi connectivity index (χ4v) is 2.80. The lowest BCUT2D eigenvalue weighted by Gasteiger charge is -2.30. The largest absolute Gasteiger partial charge is 0.398 e. The molecule has 1 aliphatic carbocycles. The first-order chi connectivity index (χ1) is 9.22. The first-order valence-electron chi connectivity index (χ1n) is 7.05. The molecule has 2 aromatic rings. The van der Waals surface area contributed by atoms with Gasteiger partial charge in [0.05, 0.1) is 11.2 Å². The maximum Gasteiger partial charge on any atom is 0.0726 e. The fourth-order valence-electron chi connectivity index (χ4n) is 2.80. The van der Waals surface area contributed by atoms with Gasteiger partial charge in [-0.05, 0) is 37.9 Å². The van der Waals surface area contributed by atoms with Crippen molar-refractivity contribution in [2.24, 2.45) is 5.92 Å². The summed E-state index contributed by atoms with van der Waals surface area (Å²) in [5, 5.41) is 1.05. The van der Waals surface area contributed by atoms with Crippen LogP contribution in [0, 0.1) is 5.92 Å². The van der Waals surface area contributed by atoms with Crippen LogP contribution in [0.3, 0.4) is 0 Å². The monoisotopic (exact) mass is 255 g/mol. The highest BCUT2D eigenvalue weighted by molar-refractivity contribution is 5.90. The highest BCUT2D eigenvalue weighted by Crippen LogP contribution is 2.27. The van der Waals surface area contributed by atoms with Crippen molar-refractivity contribution in [1.29, 1.82) is 0 Å². The summed E-state index contributed by atoms with van der Waals surface area (Å²) in [7, 11) is 2.17. The average Bonchev–Trinajstić information content (AvgIpc) is 2.34. The molecule has 0 amide bonds. The molecule has 3 rings (SSSR count). The number of para-hydroxylation sites is 1. The van der Waals surface area contributed by atoms with E-state index >= 15 is 0 Å². The molecule has 2 N–H and O–H groups in total. The minimum atomic E-state index is 0.831. The Morgan fingerprint density at radius 2 is 2.11 bits per heavy atom. The lowest BCUT2D eigenvalue weighted by Crippen LogP contribution is -2.29. The first kappa shape index (κ1) is 12.4. The number of anilines is 1. The van der Waals surface area contributed by atoms with Gasteiger partial charge in [0.15, 0.2) is 0 Å². The summed E-state index contributed by atoms with van der Waals surface area (Å²) in [6, 6.07) is 10.1. The van der Waals surface area contributed by atoms with E-state index in [0.29, 0.717) is 0 Å². The van der Waals surface area contributed by atoms with E-state index in [-0.39, 0.29) is 0 Å². The van der Waals surface area contributed by atoms with Crippen molar-refractivity contribution >= 4 is 16.6 Å². The van der Waals surface area contributed by atoms with Gasteiger partial charge in [-0.1, -0.05) is 24.6 Å². The molecular formula is C16H21N3. The van der Waals surface area contributed by atoms with Gasteiger partial charge in [0, 0.05) is 24.2 Å². The predicted molar refractivity (Wildman–Crippen MR) is 79.8 cm³/mol. The van der Waals surface area contributed by atoms with Gasteiger partial charge in [0.25, 0.3) is 0 Å². The molecule has 0 aliphatic heterocycles. The number of aromatic nitrogens is 1. The zero-order chi connectivity index (χ0) is 13.2. The van der Waals surface area contributed by atoms with Crippen molar-refractivity contribution in [2.75, 3.05) is 19.3 Å². The Morgan fingerprint density at radius 3 is 2.84 bits per heavy atom. The van der Waals surface area contributed by atoms with E-state index in [9.17, 15) is 0 Å². The summed E-state index contributed by atoms with van der Waals surface area (Å²) >= 11 is 0. The van der Waals surface area contributed by atoms with E-state index < -0.39 is 0 Å². The van der Waals surface area contributed by atoms with Gasteiger partial charge >= 0.3 is 0 Å². The number of pyridine rings is 1. The minimum Gasteiger partial charge on any atom is -0.398 e. The van der Waals surface area contributed by atoms with Gasteiger partial charge in [-0.3, -0.25) is 4.98 Å². The maximum atomic E-state index is 6.11. The topological polar surface area (TPSA) is 42.1 Å². The first-order valence-corrected chi connectivity index (χ1v) is 7.05. The van der Waals surface area contributed by atoms with Crippen LogP contribution in [0.2, 0.25) is 0 Å². The number of hydrogen-bond acceptors (Lipinski definition) is 3. The Hall–Kier alpha value is -1.61. The molecule has 100 valence electrons. The zero-order valence-electron chi connectivity index (χ0n) is 11.5. The smallest absolute Gasteiger partial charge is 0.0726 e. The van der Waals surface area contributed by atoms with Gasteiger partial charge in [-0.25, -0.2) is 0 Å². The quantitative estimate of drug-likeness (QED) is 0.913. The van der Waals surface area contributed by atoms with Gasteiger partial charge < -0.3 is 10.6 Å². The Labute approximate surface area is 114 Å².